The van der Waals surface area contributed by atoms with Crippen LogP contribution in [0.5, 0.6) is 0 Å². The quantitative estimate of drug-likeness (QED) is 0.847. The zero-order valence-electron chi connectivity index (χ0n) is 9.79. The molecule has 0 amide bonds. The first-order chi connectivity index (χ1) is 8.66. The van der Waals surface area contributed by atoms with E-state index in [2.05, 4.69) is 20.3 Å². The van der Waals surface area contributed by atoms with E-state index in [0.717, 1.165) is 11.3 Å². The lowest BCUT2D eigenvalue weighted by molar-refractivity contribution is 0.0690. The van der Waals surface area contributed by atoms with Crippen LogP contribution in [-0.4, -0.2) is 26.0 Å². The normalized spacial score (nSPS) is 10.1. The number of nitrogens with zero attached hydrogens (tertiary/aromatic N) is 3. The summed E-state index contributed by atoms with van der Waals surface area (Å²) < 4.78 is 0. The number of hydrogen-bond acceptors (Lipinski definition) is 5. The number of carbonyl (C=O) groups is 1. The molecule has 92 valence electrons. The summed E-state index contributed by atoms with van der Waals surface area (Å²) in [6.45, 7) is 2.44. The molecule has 0 spiro atoms. The number of carboxylic acids is 1. The molecular weight excluding hydrogens is 232 g/mol. The molecule has 2 aromatic rings. The van der Waals surface area contributed by atoms with Gasteiger partial charge in [-0.2, -0.15) is 0 Å². The molecule has 0 aliphatic rings. The highest BCUT2D eigenvalue weighted by molar-refractivity contribution is 5.85. The molecule has 2 aromatic heterocycles. The minimum atomic E-state index is -1.10. The predicted octanol–water partition coefficient (Wildman–Crippen LogP) is 1.49. The lowest BCUT2D eigenvalue weighted by atomic mass is 10.2. The van der Waals surface area contributed by atoms with Crippen LogP contribution in [0.1, 0.15) is 21.7 Å². The minimum absolute atomic E-state index is 0.0854. The third-order valence-corrected chi connectivity index (χ3v) is 2.41. The van der Waals surface area contributed by atoms with E-state index < -0.39 is 5.97 Å². The zero-order chi connectivity index (χ0) is 13.0. The van der Waals surface area contributed by atoms with Gasteiger partial charge in [-0.25, -0.2) is 9.78 Å². The van der Waals surface area contributed by atoms with Crippen LogP contribution in [0.15, 0.2) is 30.7 Å². The molecule has 0 radical (unpaired) electrons. The van der Waals surface area contributed by atoms with E-state index >= 15 is 0 Å². The van der Waals surface area contributed by atoms with Gasteiger partial charge in [0.25, 0.3) is 0 Å². The average molecular weight is 244 g/mol. The van der Waals surface area contributed by atoms with E-state index in [4.69, 9.17) is 5.11 Å². The number of nitrogens with one attached hydrogen (secondary N) is 1. The molecule has 18 heavy (non-hydrogen) atoms. The number of rotatable bonds is 4. The van der Waals surface area contributed by atoms with Crippen molar-refractivity contribution in [3.8, 4) is 0 Å². The van der Waals surface area contributed by atoms with E-state index in [1.807, 2.05) is 19.1 Å². The SMILES string of the molecule is Cc1cccnc1CNc1cncc(C(=O)O)n1. The van der Waals surface area contributed by atoms with Crippen LogP contribution in [0.25, 0.3) is 0 Å². The molecule has 2 heterocycles. The average Bonchev–Trinajstić information content (AvgIpc) is 2.38. The Morgan fingerprint density at radius 2 is 2.28 bits per heavy atom. The third kappa shape index (κ3) is 2.79. The number of aromatic nitrogens is 3. The van der Waals surface area contributed by atoms with Gasteiger partial charge in [-0.05, 0) is 18.6 Å². The predicted molar refractivity (Wildman–Crippen MR) is 65.3 cm³/mol. The van der Waals surface area contributed by atoms with Gasteiger partial charge in [0.05, 0.1) is 24.6 Å². The number of anilines is 1. The van der Waals surface area contributed by atoms with Crippen LogP contribution in [-0.2, 0) is 6.54 Å². The van der Waals surface area contributed by atoms with E-state index in [-0.39, 0.29) is 5.69 Å². The summed E-state index contributed by atoms with van der Waals surface area (Å²) in [7, 11) is 0. The topological polar surface area (TPSA) is 88.0 Å². The first-order valence-corrected chi connectivity index (χ1v) is 5.36. The monoisotopic (exact) mass is 244 g/mol. The van der Waals surface area contributed by atoms with Crippen molar-refractivity contribution in [3.63, 3.8) is 0 Å². The standard InChI is InChI=1S/C12H12N4O2/c1-8-3-2-4-14-9(8)6-15-11-7-13-5-10(16-11)12(17)18/h2-5,7H,6H2,1H3,(H,15,16)(H,17,18). The van der Waals surface area contributed by atoms with Crippen LogP contribution in [0, 0.1) is 6.92 Å². The third-order valence-electron chi connectivity index (χ3n) is 2.41. The van der Waals surface area contributed by atoms with Gasteiger partial charge in [0, 0.05) is 6.20 Å². The van der Waals surface area contributed by atoms with Crippen molar-refractivity contribution in [2.75, 3.05) is 5.32 Å². The Balaban J connectivity index is 2.09. The van der Waals surface area contributed by atoms with Gasteiger partial charge in [-0.1, -0.05) is 6.07 Å². The fourth-order valence-corrected chi connectivity index (χ4v) is 1.43. The van der Waals surface area contributed by atoms with Crippen molar-refractivity contribution in [2.24, 2.45) is 0 Å². The highest BCUT2D eigenvalue weighted by Gasteiger charge is 2.06. The van der Waals surface area contributed by atoms with Gasteiger partial charge in [0.1, 0.15) is 5.82 Å². The summed E-state index contributed by atoms with van der Waals surface area (Å²) >= 11 is 0. The second-order valence-corrected chi connectivity index (χ2v) is 3.72. The molecule has 6 heteroatoms. The summed E-state index contributed by atoms with van der Waals surface area (Å²) in [4.78, 5) is 22.7. The Morgan fingerprint density at radius 1 is 1.44 bits per heavy atom. The van der Waals surface area contributed by atoms with Crippen LogP contribution < -0.4 is 5.32 Å². The number of pyridine rings is 1. The molecule has 0 aromatic carbocycles. The molecule has 0 unspecified atom stereocenters. The Kier molecular flexibility index (Phi) is 3.47. The minimum Gasteiger partial charge on any atom is -0.476 e. The zero-order valence-corrected chi connectivity index (χ0v) is 9.79. The maximum absolute atomic E-state index is 10.7. The largest absolute Gasteiger partial charge is 0.476 e. The summed E-state index contributed by atoms with van der Waals surface area (Å²) in [5, 5.41) is 11.8. The molecule has 6 nitrogen and oxygen atoms in total. The fourth-order valence-electron chi connectivity index (χ4n) is 1.43. The van der Waals surface area contributed by atoms with Gasteiger partial charge in [0.2, 0.25) is 0 Å². The molecule has 0 fully saturated rings. The molecular formula is C12H12N4O2. The molecule has 0 bridgehead atoms. The molecule has 2 rings (SSSR count). The van der Waals surface area contributed by atoms with Crippen molar-refractivity contribution < 1.29 is 9.90 Å². The maximum atomic E-state index is 10.7. The fraction of sp³-hybridized carbons (Fsp3) is 0.167. The Bertz CT molecular complexity index is 572. The summed E-state index contributed by atoms with van der Waals surface area (Å²) in [6.07, 6.45) is 4.40. The van der Waals surface area contributed by atoms with Gasteiger partial charge in [0.15, 0.2) is 5.69 Å². The molecule has 0 aliphatic carbocycles. The molecule has 0 saturated carbocycles. The Morgan fingerprint density at radius 3 is 3.00 bits per heavy atom. The molecule has 0 atom stereocenters. The van der Waals surface area contributed by atoms with Gasteiger partial charge >= 0.3 is 5.97 Å². The summed E-state index contributed by atoms with van der Waals surface area (Å²) in [5.41, 5.74) is 1.87. The summed E-state index contributed by atoms with van der Waals surface area (Å²) in [5.74, 6) is -0.680. The van der Waals surface area contributed by atoms with Gasteiger partial charge < -0.3 is 10.4 Å². The lowest BCUT2D eigenvalue weighted by Gasteiger charge is -2.07. The van der Waals surface area contributed by atoms with E-state index in [9.17, 15) is 4.79 Å². The highest BCUT2D eigenvalue weighted by Crippen LogP contribution is 2.07. The van der Waals surface area contributed by atoms with E-state index in [0.29, 0.717) is 12.4 Å². The maximum Gasteiger partial charge on any atom is 0.356 e. The van der Waals surface area contributed by atoms with Gasteiger partial charge in [-0.3, -0.25) is 9.97 Å². The molecule has 0 saturated heterocycles. The number of carboxylic acid groups (broad SMARTS) is 1. The lowest BCUT2D eigenvalue weighted by Crippen LogP contribution is -2.08. The smallest absolute Gasteiger partial charge is 0.356 e. The highest BCUT2D eigenvalue weighted by atomic mass is 16.4. The van der Waals surface area contributed by atoms with Gasteiger partial charge in [-0.15, -0.1) is 0 Å². The second kappa shape index (κ2) is 5.22. The Labute approximate surface area is 104 Å². The van der Waals surface area contributed by atoms with Crippen LogP contribution in [0.3, 0.4) is 0 Å². The summed E-state index contributed by atoms with van der Waals surface area (Å²) in [6, 6.07) is 3.83. The van der Waals surface area contributed by atoms with Crippen LogP contribution >= 0.6 is 0 Å². The first kappa shape index (κ1) is 12.0. The first-order valence-electron chi connectivity index (χ1n) is 5.36. The molecule has 0 aliphatic heterocycles. The van der Waals surface area contributed by atoms with Crippen molar-refractivity contribution in [1.82, 2.24) is 15.0 Å². The second-order valence-electron chi connectivity index (χ2n) is 3.72. The van der Waals surface area contributed by atoms with Crippen molar-refractivity contribution in [1.29, 1.82) is 0 Å². The number of aryl methyl sites for hydroxylation is 1. The van der Waals surface area contributed by atoms with Crippen molar-refractivity contribution in [2.45, 2.75) is 13.5 Å². The van der Waals surface area contributed by atoms with Crippen LogP contribution in [0.4, 0.5) is 5.82 Å². The number of hydrogen-bond donors (Lipinski definition) is 2. The van der Waals surface area contributed by atoms with E-state index in [1.54, 1.807) is 6.20 Å². The number of aromatic carboxylic acids is 1. The van der Waals surface area contributed by atoms with Crippen molar-refractivity contribution in [3.05, 3.63) is 47.7 Å². The Hall–Kier alpha value is -2.50. The molecule has 2 N–H and O–H groups in total. The van der Waals surface area contributed by atoms with Crippen LogP contribution in [0.2, 0.25) is 0 Å². The van der Waals surface area contributed by atoms with E-state index in [1.165, 1.54) is 12.4 Å². The van der Waals surface area contributed by atoms with Crippen molar-refractivity contribution >= 4 is 11.8 Å².